The van der Waals surface area contributed by atoms with Gasteiger partial charge in [0, 0.05) is 46.2 Å². The monoisotopic (exact) mass is 265 g/mol. The van der Waals surface area contributed by atoms with Gasteiger partial charge in [-0.25, -0.2) is 0 Å². The fraction of sp³-hybridized carbons (Fsp3) is 0.750. The molecule has 0 spiro atoms. The molecule has 2 aliphatic rings. The third-order valence-corrected chi connectivity index (χ3v) is 3.75. The zero-order chi connectivity index (χ0) is 13.2. The van der Waals surface area contributed by atoms with Crippen LogP contribution in [0.5, 0.6) is 0 Å². The molecule has 104 valence electrons. The SMILES string of the molecule is Cc1nc(CN2CCN(C(=O)C3CNC3)CC2)no1. The molecule has 2 fully saturated rings. The zero-order valence-electron chi connectivity index (χ0n) is 11.1. The predicted molar refractivity (Wildman–Crippen MR) is 67.3 cm³/mol. The van der Waals surface area contributed by atoms with Crippen LogP contribution in [-0.4, -0.2) is 65.1 Å². The molecule has 0 aliphatic carbocycles. The van der Waals surface area contributed by atoms with Gasteiger partial charge >= 0.3 is 0 Å². The van der Waals surface area contributed by atoms with Crippen molar-refractivity contribution in [1.82, 2.24) is 25.3 Å². The lowest BCUT2D eigenvalue weighted by molar-refractivity contribution is -0.138. The highest BCUT2D eigenvalue weighted by molar-refractivity contribution is 5.80. The van der Waals surface area contributed by atoms with Crippen LogP contribution >= 0.6 is 0 Å². The second kappa shape index (κ2) is 5.26. The first-order valence-electron chi connectivity index (χ1n) is 6.73. The van der Waals surface area contributed by atoms with Crippen LogP contribution in [0.2, 0.25) is 0 Å². The molecule has 2 aliphatic heterocycles. The van der Waals surface area contributed by atoms with E-state index in [0.29, 0.717) is 18.3 Å². The van der Waals surface area contributed by atoms with Crippen molar-refractivity contribution >= 4 is 5.91 Å². The molecule has 3 rings (SSSR count). The van der Waals surface area contributed by atoms with Gasteiger partial charge in [0.1, 0.15) is 0 Å². The average molecular weight is 265 g/mol. The third kappa shape index (κ3) is 2.76. The van der Waals surface area contributed by atoms with E-state index in [1.165, 1.54) is 0 Å². The summed E-state index contributed by atoms with van der Waals surface area (Å²) >= 11 is 0. The van der Waals surface area contributed by atoms with E-state index in [1.54, 1.807) is 6.92 Å². The number of nitrogens with zero attached hydrogens (tertiary/aromatic N) is 4. The molecular weight excluding hydrogens is 246 g/mol. The minimum absolute atomic E-state index is 0.200. The zero-order valence-corrected chi connectivity index (χ0v) is 11.1. The third-order valence-electron chi connectivity index (χ3n) is 3.75. The molecule has 2 saturated heterocycles. The Morgan fingerprint density at radius 2 is 2.11 bits per heavy atom. The standard InChI is InChI=1S/C12H19N5O2/c1-9-14-11(15-19-9)8-16-2-4-17(5-3-16)12(18)10-6-13-7-10/h10,13H,2-8H2,1H3. The molecule has 0 radical (unpaired) electrons. The summed E-state index contributed by atoms with van der Waals surface area (Å²) in [5, 5.41) is 7.04. The number of rotatable bonds is 3. The summed E-state index contributed by atoms with van der Waals surface area (Å²) in [5.41, 5.74) is 0. The van der Waals surface area contributed by atoms with E-state index in [4.69, 9.17) is 4.52 Å². The Kier molecular flexibility index (Phi) is 3.48. The van der Waals surface area contributed by atoms with Gasteiger partial charge in [-0.05, 0) is 0 Å². The number of nitrogens with one attached hydrogen (secondary N) is 1. The summed E-state index contributed by atoms with van der Waals surface area (Å²) in [4.78, 5) is 20.5. The van der Waals surface area contributed by atoms with E-state index >= 15 is 0 Å². The van der Waals surface area contributed by atoms with Crippen LogP contribution in [0.4, 0.5) is 0 Å². The van der Waals surface area contributed by atoms with Crippen LogP contribution in [0, 0.1) is 12.8 Å². The van der Waals surface area contributed by atoms with E-state index in [1.807, 2.05) is 4.90 Å². The van der Waals surface area contributed by atoms with Crippen molar-refractivity contribution in [2.75, 3.05) is 39.3 Å². The highest BCUT2D eigenvalue weighted by Crippen LogP contribution is 2.12. The van der Waals surface area contributed by atoms with Gasteiger partial charge in [0.05, 0.1) is 12.5 Å². The molecule has 19 heavy (non-hydrogen) atoms. The molecule has 7 nitrogen and oxygen atoms in total. The molecule has 0 bridgehead atoms. The molecule has 1 N–H and O–H groups in total. The quantitative estimate of drug-likeness (QED) is 0.774. The first-order valence-corrected chi connectivity index (χ1v) is 6.73. The molecule has 7 heteroatoms. The van der Waals surface area contributed by atoms with Gasteiger partial charge in [0.25, 0.3) is 0 Å². The first-order chi connectivity index (χ1) is 9.22. The lowest BCUT2D eigenvalue weighted by Crippen LogP contribution is -2.56. The van der Waals surface area contributed by atoms with Crippen LogP contribution in [-0.2, 0) is 11.3 Å². The van der Waals surface area contributed by atoms with Crippen molar-refractivity contribution in [2.24, 2.45) is 5.92 Å². The molecule has 0 unspecified atom stereocenters. The molecule has 1 aromatic rings. The van der Waals surface area contributed by atoms with Crippen molar-refractivity contribution in [2.45, 2.75) is 13.5 Å². The summed E-state index contributed by atoms with van der Waals surface area (Å²) < 4.78 is 4.96. The smallest absolute Gasteiger partial charge is 0.228 e. The van der Waals surface area contributed by atoms with Gasteiger partial charge in [-0.1, -0.05) is 5.16 Å². The molecule has 0 saturated carbocycles. The molecule has 1 amide bonds. The number of piperazine rings is 1. The number of hydrogen-bond acceptors (Lipinski definition) is 6. The lowest BCUT2D eigenvalue weighted by Gasteiger charge is -2.38. The van der Waals surface area contributed by atoms with Crippen LogP contribution in [0.1, 0.15) is 11.7 Å². The summed E-state index contributed by atoms with van der Waals surface area (Å²) in [5.74, 6) is 1.82. The Morgan fingerprint density at radius 3 is 2.63 bits per heavy atom. The largest absolute Gasteiger partial charge is 0.340 e. The van der Waals surface area contributed by atoms with Crippen LogP contribution in [0.15, 0.2) is 4.52 Å². The summed E-state index contributed by atoms with van der Waals surface area (Å²) in [7, 11) is 0. The van der Waals surface area contributed by atoms with Crippen molar-refractivity contribution in [3.8, 4) is 0 Å². The Balaban J connectivity index is 1.47. The number of carbonyl (C=O) groups is 1. The van der Waals surface area contributed by atoms with Gasteiger partial charge in [-0.3, -0.25) is 9.69 Å². The maximum Gasteiger partial charge on any atom is 0.228 e. The predicted octanol–water partition coefficient (Wildman–Crippen LogP) is -0.758. The maximum absolute atomic E-state index is 12.1. The molecule has 0 atom stereocenters. The number of aryl methyl sites for hydroxylation is 1. The van der Waals surface area contributed by atoms with Crippen LogP contribution in [0.25, 0.3) is 0 Å². The number of hydrogen-bond donors (Lipinski definition) is 1. The number of amides is 1. The minimum Gasteiger partial charge on any atom is -0.340 e. The van der Waals surface area contributed by atoms with E-state index in [0.717, 1.165) is 45.1 Å². The summed E-state index contributed by atoms with van der Waals surface area (Å²) in [6.45, 7) is 7.50. The van der Waals surface area contributed by atoms with Gasteiger partial charge < -0.3 is 14.7 Å². The number of carbonyl (C=O) groups excluding carboxylic acids is 1. The molecule has 3 heterocycles. The van der Waals surface area contributed by atoms with Gasteiger partial charge in [-0.2, -0.15) is 4.98 Å². The minimum atomic E-state index is 0.200. The van der Waals surface area contributed by atoms with Crippen molar-refractivity contribution in [1.29, 1.82) is 0 Å². The molecular formula is C12H19N5O2. The van der Waals surface area contributed by atoms with E-state index in [-0.39, 0.29) is 5.92 Å². The average Bonchev–Trinajstić information content (AvgIpc) is 2.73. The fourth-order valence-electron chi connectivity index (χ4n) is 2.45. The van der Waals surface area contributed by atoms with E-state index in [2.05, 4.69) is 20.4 Å². The molecule has 0 aromatic carbocycles. The van der Waals surface area contributed by atoms with Gasteiger partial charge in [0.15, 0.2) is 5.82 Å². The highest BCUT2D eigenvalue weighted by Gasteiger charge is 2.31. The topological polar surface area (TPSA) is 74.5 Å². The second-order valence-corrected chi connectivity index (χ2v) is 5.19. The van der Waals surface area contributed by atoms with E-state index in [9.17, 15) is 4.79 Å². The Labute approximate surface area is 111 Å². The van der Waals surface area contributed by atoms with Crippen LogP contribution in [0.3, 0.4) is 0 Å². The van der Waals surface area contributed by atoms with Crippen molar-refractivity contribution < 1.29 is 9.32 Å². The highest BCUT2D eigenvalue weighted by atomic mass is 16.5. The number of aromatic nitrogens is 2. The summed E-state index contributed by atoms with van der Waals surface area (Å²) in [6.07, 6.45) is 0. The van der Waals surface area contributed by atoms with E-state index < -0.39 is 0 Å². The van der Waals surface area contributed by atoms with Crippen LogP contribution < -0.4 is 5.32 Å². The van der Waals surface area contributed by atoms with Crippen molar-refractivity contribution in [3.63, 3.8) is 0 Å². The molecule has 1 aromatic heterocycles. The Morgan fingerprint density at radius 1 is 1.37 bits per heavy atom. The van der Waals surface area contributed by atoms with Gasteiger partial charge in [-0.15, -0.1) is 0 Å². The normalized spacial score (nSPS) is 21.4. The first kappa shape index (κ1) is 12.6. The fourth-order valence-corrected chi connectivity index (χ4v) is 2.45. The Hall–Kier alpha value is -1.47. The Bertz CT molecular complexity index is 449. The summed E-state index contributed by atoms with van der Waals surface area (Å²) in [6, 6.07) is 0. The van der Waals surface area contributed by atoms with Crippen molar-refractivity contribution in [3.05, 3.63) is 11.7 Å². The maximum atomic E-state index is 12.1. The lowest BCUT2D eigenvalue weighted by atomic mass is 10.0. The van der Waals surface area contributed by atoms with Gasteiger partial charge in [0.2, 0.25) is 11.8 Å². The second-order valence-electron chi connectivity index (χ2n) is 5.19.